The van der Waals surface area contributed by atoms with Crippen LogP contribution in [0, 0.1) is 11.8 Å². The molecule has 0 spiro atoms. The van der Waals surface area contributed by atoms with Gasteiger partial charge in [-0.25, -0.2) is 0 Å². The maximum Gasteiger partial charge on any atom is 0.134 e. The second-order valence-electron chi connectivity index (χ2n) is 7.89. The number of rotatable bonds is 9. The van der Waals surface area contributed by atoms with Crippen molar-refractivity contribution in [3.63, 3.8) is 0 Å². The van der Waals surface area contributed by atoms with Crippen LogP contribution < -0.4 is 0 Å². The van der Waals surface area contributed by atoms with Gasteiger partial charge in [0.15, 0.2) is 0 Å². The molecule has 2 unspecified atom stereocenters. The number of carbonyl (C=O) groups excluding carboxylic acids is 1. The monoisotopic (exact) mass is 345 g/mol. The number of ether oxygens (including phenoxy) is 1. The highest BCUT2D eigenvalue weighted by Gasteiger charge is 2.20. The van der Waals surface area contributed by atoms with E-state index < -0.39 is 0 Å². The van der Waals surface area contributed by atoms with Crippen molar-refractivity contribution in [2.75, 3.05) is 26.2 Å². The van der Waals surface area contributed by atoms with E-state index in [4.69, 9.17) is 4.74 Å². The zero-order valence-electron chi connectivity index (χ0n) is 16.2. The van der Waals surface area contributed by atoms with Crippen molar-refractivity contribution in [3.8, 4) is 0 Å². The number of hydrogen-bond acceptors (Lipinski definition) is 3. The van der Waals surface area contributed by atoms with Crippen LogP contribution >= 0.6 is 0 Å². The topological polar surface area (TPSA) is 29.5 Å². The minimum atomic E-state index is 0.285. The average Bonchev–Trinajstić information content (AvgIpc) is 2.84. The zero-order valence-corrected chi connectivity index (χ0v) is 16.2. The van der Waals surface area contributed by atoms with Crippen molar-refractivity contribution in [1.29, 1.82) is 0 Å². The normalized spacial score (nSPS) is 20.4. The van der Waals surface area contributed by atoms with Crippen LogP contribution in [-0.4, -0.2) is 43.0 Å². The van der Waals surface area contributed by atoms with Gasteiger partial charge < -0.3 is 9.64 Å². The molecule has 3 nitrogen and oxygen atoms in total. The summed E-state index contributed by atoms with van der Waals surface area (Å²) in [5, 5.41) is 0. The molecule has 1 aromatic rings. The summed E-state index contributed by atoms with van der Waals surface area (Å²) in [6.07, 6.45) is 4.87. The van der Waals surface area contributed by atoms with E-state index in [1.165, 1.54) is 5.56 Å². The Kier molecular flexibility index (Phi) is 8.63. The second kappa shape index (κ2) is 10.7. The smallest absolute Gasteiger partial charge is 0.134 e. The SMILES string of the molecule is CC(C)C(C)CC(=O)CCN1CCCOC(CCc2ccccc2)C1. The highest BCUT2D eigenvalue weighted by molar-refractivity contribution is 5.78. The first-order valence-corrected chi connectivity index (χ1v) is 9.94. The Balaban J connectivity index is 1.74. The van der Waals surface area contributed by atoms with Gasteiger partial charge in [0.05, 0.1) is 6.10 Å². The highest BCUT2D eigenvalue weighted by Crippen LogP contribution is 2.16. The first-order chi connectivity index (χ1) is 12.0. The van der Waals surface area contributed by atoms with Gasteiger partial charge in [0.2, 0.25) is 0 Å². The van der Waals surface area contributed by atoms with Gasteiger partial charge in [-0.1, -0.05) is 51.1 Å². The van der Waals surface area contributed by atoms with Gasteiger partial charge in [0, 0.05) is 39.1 Å². The Morgan fingerprint density at radius 1 is 1.24 bits per heavy atom. The third kappa shape index (κ3) is 7.70. The molecule has 0 bridgehead atoms. The molecule has 1 saturated heterocycles. The molecule has 0 N–H and O–H groups in total. The molecule has 1 heterocycles. The fraction of sp³-hybridized carbons (Fsp3) is 0.682. The lowest BCUT2D eigenvalue weighted by Gasteiger charge is -2.24. The average molecular weight is 346 g/mol. The number of hydrogen-bond donors (Lipinski definition) is 0. The van der Waals surface area contributed by atoms with Gasteiger partial charge >= 0.3 is 0 Å². The molecule has 1 aromatic carbocycles. The highest BCUT2D eigenvalue weighted by atomic mass is 16.5. The van der Waals surface area contributed by atoms with Crippen LogP contribution in [-0.2, 0) is 16.0 Å². The Bertz CT molecular complexity index is 500. The molecule has 1 aliphatic rings. The molecular weight excluding hydrogens is 310 g/mol. The first kappa shape index (κ1) is 20.1. The molecule has 0 aliphatic carbocycles. The van der Waals surface area contributed by atoms with Gasteiger partial charge in [-0.3, -0.25) is 4.79 Å². The lowest BCUT2D eigenvalue weighted by atomic mass is 9.92. The number of benzene rings is 1. The summed E-state index contributed by atoms with van der Waals surface area (Å²) in [5.74, 6) is 1.48. The standard InChI is InChI=1S/C22H35NO2/c1-18(2)19(3)16-21(24)12-14-23-13-7-15-25-22(17-23)11-10-20-8-5-4-6-9-20/h4-6,8-9,18-19,22H,7,10-17H2,1-3H3. The van der Waals surface area contributed by atoms with E-state index in [0.717, 1.165) is 51.9 Å². The van der Waals surface area contributed by atoms with E-state index in [1.807, 2.05) is 0 Å². The number of ketones is 1. The maximum absolute atomic E-state index is 12.2. The summed E-state index contributed by atoms with van der Waals surface area (Å²) < 4.78 is 6.03. The molecule has 25 heavy (non-hydrogen) atoms. The molecule has 0 aromatic heterocycles. The van der Waals surface area contributed by atoms with Gasteiger partial charge in [0.1, 0.15) is 5.78 Å². The Hall–Kier alpha value is -1.19. The molecule has 140 valence electrons. The molecule has 1 fully saturated rings. The Morgan fingerprint density at radius 2 is 2.00 bits per heavy atom. The molecular formula is C22H35NO2. The van der Waals surface area contributed by atoms with E-state index in [9.17, 15) is 4.79 Å². The lowest BCUT2D eigenvalue weighted by molar-refractivity contribution is -0.120. The molecule has 2 rings (SSSR count). The van der Waals surface area contributed by atoms with Crippen LogP contribution in [0.4, 0.5) is 0 Å². The van der Waals surface area contributed by atoms with Crippen molar-refractivity contribution in [2.24, 2.45) is 11.8 Å². The summed E-state index contributed by atoms with van der Waals surface area (Å²) in [6, 6.07) is 10.6. The predicted octanol–water partition coefficient (Wildman–Crippen LogP) is 4.35. The quantitative estimate of drug-likeness (QED) is 0.666. The van der Waals surface area contributed by atoms with Gasteiger partial charge in [-0.05, 0) is 36.7 Å². The summed E-state index contributed by atoms with van der Waals surface area (Å²) in [6.45, 7) is 10.3. The third-order valence-electron chi connectivity index (χ3n) is 5.43. The van der Waals surface area contributed by atoms with E-state index >= 15 is 0 Å². The predicted molar refractivity (Wildman–Crippen MR) is 104 cm³/mol. The van der Waals surface area contributed by atoms with Crippen LogP contribution in [0.2, 0.25) is 0 Å². The number of nitrogens with zero attached hydrogens (tertiary/aromatic N) is 1. The van der Waals surface area contributed by atoms with Crippen LogP contribution in [0.15, 0.2) is 30.3 Å². The number of aryl methyl sites for hydroxylation is 1. The minimum absolute atomic E-state index is 0.285. The zero-order chi connectivity index (χ0) is 18.1. The number of Topliss-reactive ketones (excluding diaryl/α,β-unsaturated/α-hetero) is 1. The molecule has 0 saturated carbocycles. The molecule has 3 heteroatoms. The van der Waals surface area contributed by atoms with Gasteiger partial charge in [0.25, 0.3) is 0 Å². The Morgan fingerprint density at radius 3 is 2.72 bits per heavy atom. The van der Waals surface area contributed by atoms with E-state index in [0.29, 0.717) is 24.0 Å². The largest absolute Gasteiger partial charge is 0.377 e. The van der Waals surface area contributed by atoms with Crippen molar-refractivity contribution < 1.29 is 9.53 Å². The van der Waals surface area contributed by atoms with Crippen molar-refractivity contribution >= 4 is 5.78 Å². The molecule has 0 amide bonds. The molecule has 1 aliphatic heterocycles. The fourth-order valence-electron chi connectivity index (χ4n) is 3.30. The van der Waals surface area contributed by atoms with Crippen molar-refractivity contribution in [2.45, 2.75) is 59.0 Å². The van der Waals surface area contributed by atoms with Crippen LogP contribution in [0.3, 0.4) is 0 Å². The molecule has 0 radical (unpaired) electrons. The minimum Gasteiger partial charge on any atom is -0.377 e. The van der Waals surface area contributed by atoms with Crippen LogP contribution in [0.25, 0.3) is 0 Å². The lowest BCUT2D eigenvalue weighted by Crippen LogP contribution is -2.34. The summed E-state index contributed by atoms with van der Waals surface area (Å²) in [7, 11) is 0. The van der Waals surface area contributed by atoms with Gasteiger partial charge in [-0.2, -0.15) is 0 Å². The van der Waals surface area contributed by atoms with Crippen molar-refractivity contribution in [3.05, 3.63) is 35.9 Å². The van der Waals surface area contributed by atoms with E-state index in [2.05, 4.69) is 56.0 Å². The summed E-state index contributed by atoms with van der Waals surface area (Å²) in [5.41, 5.74) is 1.37. The van der Waals surface area contributed by atoms with Crippen LogP contribution in [0.1, 0.15) is 52.0 Å². The van der Waals surface area contributed by atoms with Gasteiger partial charge in [-0.15, -0.1) is 0 Å². The summed E-state index contributed by atoms with van der Waals surface area (Å²) >= 11 is 0. The number of carbonyl (C=O) groups is 1. The fourth-order valence-corrected chi connectivity index (χ4v) is 3.30. The van der Waals surface area contributed by atoms with Crippen molar-refractivity contribution in [1.82, 2.24) is 4.90 Å². The first-order valence-electron chi connectivity index (χ1n) is 9.94. The van der Waals surface area contributed by atoms with Crippen LogP contribution in [0.5, 0.6) is 0 Å². The second-order valence-corrected chi connectivity index (χ2v) is 7.89. The van der Waals surface area contributed by atoms with E-state index in [1.54, 1.807) is 0 Å². The summed E-state index contributed by atoms with van der Waals surface area (Å²) in [4.78, 5) is 14.7. The molecule has 2 atom stereocenters. The Labute approximate surface area is 153 Å². The van der Waals surface area contributed by atoms with E-state index in [-0.39, 0.29) is 6.10 Å². The third-order valence-corrected chi connectivity index (χ3v) is 5.43. The maximum atomic E-state index is 12.2.